The molecule has 2 saturated heterocycles. The second kappa shape index (κ2) is 16.8. The number of carbonyl (C=O) groups is 2. The van der Waals surface area contributed by atoms with Crippen LogP contribution in [-0.2, 0) is 32.9 Å². The van der Waals surface area contributed by atoms with Gasteiger partial charge in [0.25, 0.3) is 8.32 Å². The highest BCUT2D eigenvalue weighted by Gasteiger charge is 2.57. The van der Waals surface area contributed by atoms with Gasteiger partial charge in [0.05, 0.1) is 6.61 Å². The first-order valence-electron chi connectivity index (χ1n) is 19.7. The molecule has 0 aromatic heterocycles. The van der Waals surface area contributed by atoms with Crippen molar-refractivity contribution in [2.75, 3.05) is 19.8 Å². The second-order valence-electron chi connectivity index (χ2n) is 16.4. The molecule has 57 heavy (non-hydrogen) atoms. The van der Waals surface area contributed by atoms with Gasteiger partial charge < -0.3 is 43.6 Å². The number of carbonyl (C=O) groups excluding carboxylic acids is 1. The Morgan fingerprint density at radius 3 is 1.91 bits per heavy atom. The topological polar surface area (TPSA) is 142 Å². The first-order chi connectivity index (χ1) is 27.3. The molecule has 2 fully saturated rings. The molecule has 1 aliphatic carbocycles. The lowest BCUT2D eigenvalue weighted by Crippen LogP contribution is -2.68. The van der Waals surface area contributed by atoms with E-state index in [1.807, 2.05) is 84.9 Å². The quantitative estimate of drug-likeness (QED) is 0.104. The number of carboxylic acid groups (broad SMARTS) is 1. The Hall–Kier alpha value is -4.40. The fourth-order valence-corrected chi connectivity index (χ4v) is 13.2. The zero-order valence-electron chi connectivity index (χ0n) is 33.1. The van der Waals surface area contributed by atoms with Crippen molar-refractivity contribution in [2.24, 2.45) is 0 Å². The van der Waals surface area contributed by atoms with Gasteiger partial charge >= 0.3 is 12.1 Å². The van der Waals surface area contributed by atoms with Crippen molar-refractivity contribution in [2.45, 2.75) is 101 Å². The van der Waals surface area contributed by atoms with Crippen molar-refractivity contribution in [3.63, 3.8) is 0 Å². The molecular weight excluding hydrogens is 743 g/mol. The summed E-state index contributed by atoms with van der Waals surface area (Å²) in [5.41, 5.74) is 4.32. The summed E-state index contributed by atoms with van der Waals surface area (Å²) < 4.78 is 37.8. The molecule has 3 N–H and O–H groups in total. The zero-order valence-corrected chi connectivity index (χ0v) is 34.1. The molecule has 0 saturated carbocycles. The van der Waals surface area contributed by atoms with E-state index < -0.39 is 62.9 Å². The van der Waals surface area contributed by atoms with Gasteiger partial charge in [0.2, 0.25) is 0 Å². The second-order valence-corrected chi connectivity index (χ2v) is 20.8. The lowest BCUT2D eigenvalue weighted by Gasteiger charge is -2.45. The van der Waals surface area contributed by atoms with E-state index in [1.54, 1.807) is 13.8 Å². The standard InChI is InChI=1S/C45H53NO10Si/c1-44(2,3)57(29-17-8-6-9-18-29,30-19-10-7-11-20-30)53-28-37-39-40(56-45(4,5)55-39)38(47)42(54-37)51-26-16-25-36(41(48)49)46-43(50)52-27-35-33-23-14-12-21-31(33)32-22-13-15-24-34(32)35/h6-15,17-24,35-40,42,47H,16,25-28H2,1-5H3,(H,46,50)(H,48,49)/t36-,37+,38+,39-,40+,42+/m0/s1. The number of hydrogen-bond acceptors (Lipinski definition) is 9. The Labute approximate surface area is 335 Å². The van der Waals surface area contributed by atoms with Gasteiger partial charge in [-0.05, 0) is 64.4 Å². The van der Waals surface area contributed by atoms with Crippen LogP contribution in [0, 0.1) is 0 Å². The minimum Gasteiger partial charge on any atom is -0.480 e. The third-order valence-corrected chi connectivity index (χ3v) is 16.2. The van der Waals surface area contributed by atoms with Crippen LogP contribution >= 0.6 is 0 Å². The fourth-order valence-electron chi connectivity index (χ4n) is 8.62. The molecule has 4 aromatic rings. The molecule has 11 nitrogen and oxygen atoms in total. The Bertz CT molecular complexity index is 1920. The highest BCUT2D eigenvalue weighted by atomic mass is 28.4. The molecule has 6 atom stereocenters. The summed E-state index contributed by atoms with van der Waals surface area (Å²) in [6.45, 7) is 10.4. The van der Waals surface area contributed by atoms with Gasteiger partial charge in [-0.2, -0.15) is 0 Å². The molecule has 0 spiro atoms. The van der Waals surface area contributed by atoms with E-state index in [9.17, 15) is 19.8 Å². The van der Waals surface area contributed by atoms with Crippen LogP contribution in [0.1, 0.15) is 64.5 Å². The molecule has 2 heterocycles. The van der Waals surface area contributed by atoms with E-state index in [4.69, 9.17) is 28.1 Å². The monoisotopic (exact) mass is 795 g/mol. The minimum atomic E-state index is -2.95. The number of amides is 1. The molecule has 2 aliphatic heterocycles. The average molecular weight is 796 g/mol. The van der Waals surface area contributed by atoms with Crippen LogP contribution < -0.4 is 15.7 Å². The van der Waals surface area contributed by atoms with Crippen molar-refractivity contribution in [1.29, 1.82) is 0 Å². The number of hydrogen-bond donors (Lipinski definition) is 3. The van der Waals surface area contributed by atoms with E-state index in [0.29, 0.717) is 0 Å². The number of benzene rings is 4. The molecule has 12 heteroatoms. The van der Waals surface area contributed by atoms with Gasteiger partial charge in [-0.1, -0.05) is 130 Å². The summed E-state index contributed by atoms with van der Waals surface area (Å²) in [6, 6.07) is 35.4. The lowest BCUT2D eigenvalue weighted by molar-refractivity contribution is -0.281. The molecule has 302 valence electrons. The van der Waals surface area contributed by atoms with Crippen LogP contribution in [0.4, 0.5) is 4.79 Å². The lowest BCUT2D eigenvalue weighted by atomic mass is 9.98. The fraction of sp³-hybridized carbons (Fsp3) is 0.422. The van der Waals surface area contributed by atoms with Crippen LogP contribution in [0.15, 0.2) is 109 Å². The highest BCUT2D eigenvalue weighted by Crippen LogP contribution is 2.45. The van der Waals surface area contributed by atoms with E-state index in [1.165, 1.54) is 0 Å². The maximum atomic E-state index is 12.9. The van der Waals surface area contributed by atoms with Crippen molar-refractivity contribution in [3.05, 3.63) is 120 Å². The molecule has 0 radical (unpaired) electrons. The highest BCUT2D eigenvalue weighted by molar-refractivity contribution is 6.99. The molecule has 0 unspecified atom stereocenters. The number of aliphatic carboxylic acids is 1. The summed E-state index contributed by atoms with van der Waals surface area (Å²) in [7, 11) is -2.95. The summed E-state index contributed by atoms with van der Waals surface area (Å²) in [6.07, 6.45) is -4.85. The summed E-state index contributed by atoms with van der Waals surface area (Å²) in [5.74, 6) is -2.33. The first-order valence-corrected chi connectivity index (χ1v) is 21.6. The van der Waals surface area contributed by atoms with E-state index in [0.717, 1.165) is 32.6 Å². The predicted octanol–water partition coefficient (Wildman–Crippen LogP) is 5.96. The normalized spacial score (nSPS) is 23.2. The molecule has 3 aliphatic rings. The van der Waals surface area contributed by atoms with Crippen LogP contribution in [0.2, 0.25) is 5.04 Å². The Morgan fingerprint density at radius 2 is 1.35 bits per heavy atom. The summed E-state index contributed by atoms with van der Waals surface area (Å²) >= 11 is 0. The van der Waals surface area contributed by atoms with Crippen molar-refractivity contribution in [3.8, 4) is 11.1 Å². The van der Waals surface area contributed by atoms with E-state index in [-0.39, 0.29) is 43.6 Å². The van der Waals surface area contributed by atoms with Gasteiger partial charge in [-0.3, -0.25) is 0 Å². The summed E-state index contributed by atoms with van der Waals surface area (Å²) in [5, 5.41) is 25.9. The zero-order chi connectivity index (χ0) is 40.4. The van der Waals surface area contributed by atoms with Crippen LogP contribution in [0.3, 0.4) is 0 Å². The number of aliphatic hydroxyl groups is 1. The van der Waals surface area contributed by atoms with Crippen LogP contribution in [0.25, 0.3) is 11.1 Å². The molecule has 1 amide bonds. The van der Waals surface area contributed by atoms with E-state index in [2.05, 4.69) is 50.4 Å². The van der Waals surface area contributed by atoms with Gasteiger partial charge in [0.15, 0.2) is 12.1 Å². The SMILES string of the molecule is CC1(C)O[C@@H]2[C@@H](O)[C@H](OCCC[C@H](NC(=O)OCC3c4ccccc4-c4ccccc43)C(=O)O)O[C@H](CO[Si](c3ccccc3)(c3ccccc3)C(C)(C)C)[C@@H]2O1. The van der Waals surface area contributed by atoms with Crippen LogP contribution in [-0.4, -0.2) is 92.9 Å². The predicted molar refractivity (Wildman–Crippen MR) is 217 cm³/mol. The number of rotatable bonds is 14. The van der Waals surface area contributed by atoms with Gasteiger partial charge in [-0.15, -0.1) is 0 Å². The number of fused-ring (bicyclic) bond motifs is 4. The molecule has 4 aromatic carbocycles. The van der Waals surface area contributed by atoms with Gasteiger partial charge in [0, 0.05) is 12.5 Å². The van der Waals surface area contributed by atoms with E-state index >= 15 is 0 Å². The Kier molecular flexibility index (Phi) is 12.0. The Balaban J connectivity index is 0.986. The number of ether oxygens (including phenoxy) is 5. The Morgan fingerprint density at radius 1 is 0.807 bits per heavy atom. The maximum Gasteiger partial charge on any atom is 0.407 e. The third-order valence-electron chi connectivity index (χ3n) is 11.2. The molecule has 0 bridgehead atoms. The molecule has 7 rings (SSSR count). The summed E-state index contributed by atoms with van der Waals surface area (Å²) in [4.78, 5) is 25.1. The smallest absolute Gasteiger partial charge is 0.407 e. The van der Waals surface area contributed by atoms with Gasteiger partial charge in [-0.25, -0.2) is 9.59 Å². The van der Waals surface area contributed by atoms with Crippen LogP contribution in [0.5, 0.6) is 0 Å². The van der Waals surface area contributed by atoms with Crippen molar-refractivity contribution < 1.29 is 47.9 Å². The van der Waals surface area contributed by atoms with Crippen molar-refractivity contribution >= 4 is 30.8 Å². The maximum absolute atomic E-state index is 12.9. The first kappa shape index (κ1) is 40.8. The third kappa shape index (κ3) is 8.44. The number of nitrogens with one attached hydrogen (secondary N) is 1. The number of aliphatic hydroxyl groups excluding tert-OH is 1. The molecular formula is C45H53NO10Si. The van der Waals surface area contributed by atoms with Crippen molar-refractivity contribution in [1.82, 2.24) is 5.32 Å². The average Bonchev–Trinajstić information content (AvgIpc) is 3.70. The number of carboxylic acids is 1. The number of alkyl carbamates (subject to hydrolysis) is 1. The minimum absolute atomic E-state index is 0.0435. The van der Waals surface area contributed by atoms with Gasteiger partial charge in [0.1, 0.15) is 37.1 Å². The largest absolute Gasteiger partial charge is 0.480 e.